The molecule has 2 aromatic rings. The number of ether oxygens (including phenoxy) is 1. The maximum absolute atomic E-state index is 5.90. The number of benzene rings is 1. The summed E-state index contributed by atoms with van der Waals surface area (Å²) in [6.45, 7) is 3.45. The van der Waals surface area contributed by atoms with Crippen molar-refractivity contribution < 1.29 is 4.74 Å². The molecule has 0 saturated heterocycles. The number of rotatable bonds is 4. The van der Waals surface area contributed by atoms with Gasteiger partial charge in [0.2, 0.25) is 0 Å². The van der Waals surface area contributed by atoms with Crippen LogP contribution in [0, 0.1) is 6.92 Å². The molecule has 4 heteroatoms. The molecule has 2 rings (SSSR count). The van der Waals surface area contributed by atoms with Gasteiger partial charge in [-0.05, 0) is 24.1 Å². The zero-order valence-corrected chi connectivity index (χ0v) is 10.2. The molecule has 0 bridgehead atoms. The van der Waals surface area contributed by atoms with Crippen molar-refractivity contribution in [3.05, 3.63) is 36.2 Å². The van der Waals surface area contributed by atoms with Gasteiger partial charge >= 0.3 is 0 Å². The van der Waals surface area contributed by atoms with E-state index in [0.29, 0.717) is 6.61 Å². The molecule has 1 heterocycles. The Morgan fingerprint density at radius 2 is 2.24 bits per heavy atom. The third-order valence-electron chi connectivity index (χ3n) is 2.84. The maximum atomic E-state index is 5.90. The van der Waals surface area contributed by atoms with Crippen LogP contribution >= 0.6 is 0 Å². The van der Waals surface area contributed by atoms with Crippen LogP contribution in [0.3, 0.4) is 0 Å². The molecule has 0 unspecified atom stereocenters. The molecule has 1 aromatic carbocycles. The van der Waals surface area contributed by atoms with E-state index in [2.05, 4.69) is 11.2 Å². The number of nitrogen functional groups attached to an aromatic ring is 1. The van der Waals surface area contributed by atoms with Crippen molar-refractivity contribution in [1.82, 2.24) is 9.78 Å². The highest BCUT2D eigenvalue weighted by Crippen LogP contribution is 2.26. The van der Waals surface area contributed by atoms with Gasteiger partial charge in [-0.2, -0.15) is 5.10 Å². The molecule has 4 nitrogen and oxygen atoms in total. The minimum absolute atomic E-state index is 0.664. The van der Waals surface area contributed by atoms with Crippen LogP contribution in [0.1, 0.15) is 5.56 Å². The Balaban J connectivity index is 2.27. The summed E-state index contributed by atoms with van der Waals surface area (Å²) in [4.78, 5) is 0. The van der Waals surface area contributed by atoms with E-state index in [1.54, 1.807) is 7.11 Å². The lowest BCUT2D eigenvalue weighted by Gasteiger charge is -2.05. The Labute approximate surface area is 101 Å². The van der Waals surface area contributed by atoms with Crippen LogP contribution in [0.2, 0.25) is 0 Å². The molecule has 1 aromatic heterocycles. The number of anilines is 1. The van der Waals surface area contributed by atoms with Gasteiger partial charge in [-0.25, -0.2) is 0 Å². The monoisotopic (exact) mass is 231 g/mol. The molecule has 0 fully saturated rings. The lowest BCUT2D eigenvalue weighted by Crippen LogP contribution is -2.03. The van der Waals surface area contributed by atoms with E-state index >= 15 is 0 Å². The van der Waals surface area contributed by atoms with Gasteiger partial charge in [-0.15, -0.1) is 0 Å². The van der Waals surface area contributed by atoms with Gasteiger partial charge in [0.05, 0.1) is 19.3 Å². The van der Waals surface area contributed by atoms with E-state index in [9.17, 15) is 0 Å². The molecular weight excluding hydrogens is 214 g/mol. The van der Waals surface area contributed by atoms with Crippen LogP contribution in [0.5, 0.6) is 0 Å². The number of aromatic nitrogens is 2. The van der Waals surface area contributed by atoms with Crippen LogP contribution < -0.4 is 5.73 Å². The van der Waals surface area contributed by atoms with Gasteiger partial charge < -0.3 is 10.5 Å². The SMILES string of the molecule is COCCn1cc(-c2cccc(N)c2C)cn1. The summed E-state index contributed by atoms with van der Waals surface area (Å²) in [6, 6.07) is 5.93. The molecule has 0 aliphatic rings. The number of methoxy groups -OCH3 is 1. The first-order valence-corrected chi connectivity index (χ1v) is 5.59. The van der Waals surface area contributed by atoms with E-state index < -0.39 is 0 Å². The molecule has 90 valence electrons. The van der Waals surface area contributed by atoms with Crippen LogP contribution in [0.4, 0.5) is 5.69 Å². The van der Waals surface area contributed by atoms with Gasteiger partial charge in [0.1, 0.15) is 0 Å². The summed E-state index contributed by atoms with van der Waals surface area (Å²) in [7, 11) is 1.69. The Morgan fingerprint density at radius 3 is 3.00 bits per heavy atom. The van der Waals surface area contributed by atoms with Crippen molar-refractivity contribution in [3.8, 4) is 11.1 Å². The predicted molar refractivity (Wildman–Crippen MR) is 68.7 cm³/mol. The molecule has 0 atom stereocenters. The van der Waals surface area contributed by atoms with Crippen LogP contribution in [-0.2, 0) is 11.3 Å². The minimum Gasteiger partial charge on any atom is -0.398 e. The zero-order valence-electron chi connectivity index (χ0n) is 10.2. The van der Waals surface area contributed by atoms with Crippen molar-refractivity contribution in [2.75, 3.05) is 19.5 Å². The average molecular weight is 231 g/mol. The van der Waals surface area contributed by atoms with E-state index in [-0.39, 0.29) is 0 Å². The highest BCUT2D eigenvalue weighted by atomic mass is 16.5. The predicted octanol–water partition coefficient (Wildman–Crippen LogP) is 2.09. The Hall–Kier alpha value is -1.81. The van der Waals surface area contributed by atoms with E-state index in [1.807, 2.05) is 36.1 Å². The summed E-state index contributed by atoms with van der Waals surface area (Å²) in [5, 5.41) is 4.30. The van der Waals surface area contributed by atoms with Gasteiger partial charge in [0.25, 0.3) is 0 Å². The maximum Gasteiger partial charge on any atom is 0.0658 e. The Bertz CT molecular complexity index is 505. The molecule has 0 aliphatic heterocycles. The first-order valence-electron chi connectivity index (χ1n) is 5.59. The van der Waals surface area contributed by atoms with Crippen molar-refractivity contribution in [1.29, 1.82) is 0 Å². The second-order valence-electron chi connectivity index (χ2n) is 4.00. The summed E-state index contributed by atoms with van der Waals surface area (Å²) in [6.07, 6.45) is 3.87. The standard InChI is InChI=1S/C13H17N3O/c1-10-12(4-3-5-13(10)14)11-8-15-16(9-11)6-7-17-2/h3-5,8-9H,6-7,14H2,1-2H3. The third kappa shape index (κ3) is 2.47. The number of nitrogens with zero attached hydrogens (tertiary/aromatic N) is 2. The molecule has 0 aliphatic carbocycles. The summed E-state index contributed by atoms with van der Waals surface area (Å²) in [5.74, 6) is 0. The second-order valence-corrected chi connectivity index (χ2v) is 4.00. The Morgan fingerprint density at radius 1 is 1.41 bits per heavy atom. The lowest BCUT2D eigenvalue weighted by molar-refractivity contribution is 0.183. The van der Waals surface area contributed by atoms with Gasteiger partial charge in [0, 0.05) is 24.6 Å². The fraction of sp³-hybridized carbons (Fsp3) is 0.308. The molecular formula is C13H17N3O. The van der Waals surface area contributed by atoms with Gasteiger partial charge in [-0.3, -0.25) is 4.68 Å². The van der Waals surface area contributed by atoms with Crippen molar-refractivity contribution in [3.63, 3.8) is 0 Å². The van der Waals surface area contributed by atoms with Crippen molar-refractivity contribution in [2.24, 2.45) is 0 Å². The topological polar surface area (TPSA) is 53.1 Å². The number of hydrogen-bond donors (Lipinski definition) is 1. The molecule has 0 saturated carbocycles. The third-order valence-corrected chi connectivity index (χ3v) is 2.84. The minimum atomic E-state index is 0.664. The largest absolute Gasteiger partial charge is 0.398 e. The van der Waals surface area contributed by atoms with E-state index in [1.165, 1.54) is 0 Å². The number of hydrogen-bond acceptors (Lipinski definition) is 3. The second kappa shape index (κ2) is 5.01. The zero-order chi connectivity index (χ0) is 12.3. The van der Waals surface area contributed by atoms with Crippen LogP contribution in [-0.4, -0.2) is 23.5 Å². The fourth-order valence-corrected chi connectivity index (χ4v) is 1.78. The molecule has 17 heavy (non-hydrogen) atoms. The molecule has 0 spiro atoms. The normalized spacial score (nSPS) is 10.7. The highest BCUT2D eigenvalue weighted by Gasteiger charge is 2.06. The van der Waals surface area contributed by atoms with Crippen molar-refractivity contribution >= 4 is 5.69 Å². The van der Waals surface area contributed by atoms with E-state index in [4.69, 9.17) is 10.5 Å². The fourth-order valence-electron chi connectivity index (χ4n) is 1.78. The first kappa shape index (κ1) is 11.7. The van der Waals surface area contributed by atoms with E-state index in [0.717, 1.165) is 28.9 Å². The average Bonchev–Trinajstić information content (AvgIpc) is 2.78. The number of nitrogens with two attached hydrogens (primary N) is 1. The molecule has 0 amide bonds. The Kier molecular flexibility index (Phi) is 3.44. The first-order chi connectivity index (χ1) is 8.22. The van der Waals surface area contributed by atoms with Crippen LogP contribution in [0.25, 0.3) is 11.1 Å². The highest BCUT2D eigenvalue weighted by molar-refractivity contribution is 5.71. The van der Waals surface area contributed by atoms with Gasteiger partial charge in [-0.1, -0.05) is 12.1 Å². The summed E-state index contributed by atoms with van der Waals surface area (Å²) >= 11 is 0. The lowest BCUT2D eigenvalue weighted by atomic mass is 10.0. The molecule has 2 N–H and O–H groups in total. The summed E-state index contributed by atoms with van der Waals surface area (Å²) < 4.78 is 6.90. The van der Waals surface area contributed by atoms with Gasteiger partial charge in [0.15, 0.2) is 0 Å². The molecule has 0 radical (unpaired) electrons. The van der Waals surface area contributed by atoms with Crippen molar-refractivity contribution in [2.45, 2.75) is 13.5 Å². The van der Waals surface area contributed by atoms with Crippen LogP contribution in [0.15, 0.2) is 30.6 Å². The quantitative estimate of drug-likeness (QED) is 0.820. The smallest absolute Gasteiger partial charge is 0.0658 e. The summed E-state index contributed by atoms with van der Waals surface area (Å²) in [5.41, 5.74) is 10.0.